The second kappa shape index (κ2) is 8.26. The molecular weight excluding hydrogens is 328 g/mol. The van der Waals surface area contributed by atoms with Gasteiger partial charge >= 0.3 is 0 Å². The van der Waals surface area contributed by atoms with Gasteiger partial charge in [0, 0.05) is 18.1 Å². The predicted molar refractivity (Wildman–Crippen MR) is 97.1 cm³/mol. The Morgan fingerprint density at radius 2 is 1.83 bits per heavy atom. The van der Waals surface area contributed by atoms with E-state index in [0.717, 1.165) is 5.69 Å². The molecule has 120 valence electrons. The largest absolute Gasteiger partial charge is 0.484 e. The Morgan fingerprint density at radius 3 is 2.52 bits per heavy atom. The van der Waals surface area contributed by atoms with Crippen LogP contribution in [0.3, 0.4) is 0 Å². The van der Waals surface area contributed by atoms with Crippen LogP contribution in [-0.4, -0.2) is 29.0 Å². The molecule has 0 saturated carbocycles. The number of ether oxygens (including phenoxy) is 1. The van der Waals surface area contributed by atoms with Crippen LogP contribution < -0.4 is 10.1 Å². The summed E-state index contributed by atoms with van der Waals surface area (Å²) in [5, 5.41) is 2.76. The summed E-state index contributed by atoms with van der Waals surface area (Å²) in [7, 11) is 0. The molecule has 0 bridgehead atoms. The van der Waals surface area contributed by atoms with Crippen molar-refractivity contribution in [3.63, 3.8) is 0 Å². The third kappa shape index (κ3) is 4.91. The molecule has 1 saturated heterocycles. The molecule has 6 heteroatoms. The van der Waals surface area contributed by atoms with Crippen molar-refractivity contribution in [1.29, 1.82) is 0 Å². The van der Waals surface area contributed by atoms with Gasteiger partial charge in [-0.15, -0.1) is 23.5 Å². The summed E-state index contributed by atoms with van der Waals surface area (Å²) < 4.78 is 6.06. The molecule has 4 nitrogen and oxygen atoms in total. The van der Waals surface area contributed by atoms with E-state index in [1.807, 2.05) is 35.7 Å². The first-order valence-corrected chi connectivity index (χ1v) is 9.57. The fourth-order valence-electron chi connectivity index (χ4n) is 2.18. The lowest BCUT2D eigenvalue weighted by molar-refractivity contribution is -0.118. The zero-order chi connectivity index (χ0) is 15.9. The first-order valence-electron chi connectivity index (χ1n) is 7.47. The maximum absolute atomic E-state index is 11.8. The number of thioether (sulfide) groups is 2. The van der Waals surface area contributed by atoms with Crippen molar-refractivity contribution in [2.24, 2.45) is 0 Å². The van der Waals surface area contributed by atoms with E-state index in [-0.39, 0.29) is 12.5 Å². The molecular formula is C17H18N2O2S2. The summed E-state index contributed by atoms with van der Waals surface area (Å²) in [4.78, 5) is 15.7. The Morgan fingerprint density at radius 1 is 1.13 bits per heavy atom. The lowest BCUT2D eigenvalue weighted by Crippen LogP contribution is -2.20. The summed E-state index contributed by atoms with van der Waals surface area (Å²) in [6.07, 6.45) is 4.56. The van der Waals surface area contributed by atoms with E-state index in [0.29, 0.717) is 10.3 Å². The topological polar surface area (TPSA) is 51.2 Å². The van der Waals surface area contributed by atoms with E-state index >= 15 is 0 Å². The molecule has 1 aromatic carbocycles. The Kier molecular flexibility index (Phi) is 5.82. The Labute approximate surface area is 144 Å². The maximum Gasteiger partial charge on any atom is 0.262 e. The Hall–Kier alpha value is -1.66. The zero-order valence-corrected chi connectivity index (χ0v) is 14.2. The van der Waals surface area contributed by atoms with Crippen LogP contribution in [-0.2, 0) is 4.79 Å². The SMILES string of the molecule is O=C(COc1ccc(C2SCCCS2)cc1)Nc1ccncc1. The van der Waals surface area contributed by atoms with Crippen molar-refractivity contribution < 1.29 is 9.53 Å². The standard InChI is InChI=1S/C17H18N2O2S2/c20-16(19-14-6-8-18-9-7-14)12-21-15-4-2-13(3-5-15)17-22-10-1-11-23-17/h2-9,17H,1,10-12H2,(H,18,19,20). The normalized spacial score (nSPS) is 15.1. The Bertz CT molecular complexity index is 629. The van der Waals surface area contributed by atoms with Gasteiger partial charge < -0.3 is 10.1 Å². The van der Waals surface area contributed by atoms with Crippen molar-refractivity contribution in [3.05, 3.63) is 54.4 Å². The monoisotopic (exact) mass is 346 g/mol. The predicted octanol–water partition coefficient (Wildman–Crippen LogP) is 3.97. The molecule has 0 aliphatic carbocycles. The number of rotatable bonds is 5. The van der Waals surface area contributed by atoms with Gasteiger partial charge in [-0.3, -0.25) is 9.78 Å². The quantitative estimate of drug-likeness (QED) is 0.888. The van der Waals surface area contributed by atoms with Crippen LogP contribution in [0.25, 0.3) is 0 Å². The molecule has 0 spiro atoms. The minimum absolute atomic E-state index is 0.00536. The van der Waals surface area contributed by atoms with E-state index < -0.39 is 0 Å². The Balaban J connectivity index is 1.49. The number of carbonyl (C=O) groups is 1. The molecule has 1 aliphatic heterocycles. The summed E-state index contributed by atoms with van der Waals surface area (Å²) in [5.41, 5.74) is 2.03. The smallest absolute Gasteiger partial charge is 0.262 e. The van der Waals surface area contributed by atoms with E-state index in [9.17, 15) is 4.79 Å². The molecule has 1 N–H and O–H groups in total. The highest BCUT2D eigenvalue weighted by Crippen LogP contribution is 2.43. The number of benzene rings is 1. The third-order valence-electron chi connectivity index (χ3n) is 3.31. The van der Waals surface area contributed by atoms with E-state index in [4.69, 9.17) is 4.74 Å². The van der Waals surface area contributed by atoms with Crippen LogP contribution in [0, 0.1) is 0 Å². The molecule has 1 aromatic heterocycles. The molecule has 1 fully saturated rings. The van der Waals surface area contributed by atoms with Crippen LogP contribution in [0.5, 0.6) is 5.75 Å². The number of hydrogen-bond acceptors (Lipinski definition) is 5. The van der Waals surface area contributed by atoms with Gasteiger partial charge in [-0.25, -0.2) is 0 Å². The summed E-state index contributed by atoms with van der Waals surface area (Å²) in [6, 6.07) is 11.5. The summed E-state index contributed by atoms with van der Waals surface area (Å²) in [6.45, 7) is -0.00536. The van der Waals surface area contributed by atoms with Crippen molar-refractivity contribution in [2.75, 3.05) is 23.4 Å². The minimum atomic E-state index is -0.182. The molecule has 3 rings (SSSR count). The van der Waals surface area contributed by atoms with Crippen molar-refractivity contribution >= 4 is 35.1 Å². The third-order valence-corrected chi connectivity index (χ3v) is 6.33. The van der Waals surface area contributed by atoms with Gasteiger partial charge in [-0.2, -0.15) is 0 Å². The second-order valence-corrected chi connectivity index (χ2v) is 7.79. The van der Waals surface area contributed by atoms with Crippen LogP contribution >= 0.6 is 23.5 Å². The second-order valence-electron chi connectivity index (χ2n) is 5.07. The minimum Gasteiger partial charge on any atom is -0.484 e. The molecule has 23 heavy (non-hydrogen) atoms. The molecule has 2 heterocycles. The van der Waals surface area contributed by atoms with Crippen LogP contribution in [0.15, 0.2) is 48.8 Å². The highest BCUT2D eigenvalue weighted by Gasteiger charge is 2.16. The number of carbonyl (C=O) groups excluding carboxylic acids is 1. The molecule has 1 amide bonds. The van der Waals surface area contributed by atoms with Gasteiger partial charge in [0.05, 0.1) is 4.58 Å². The lowest BCUT2D eigenvalue weighted by atomic mass is 10.2. The van der Waals surface area contributed by atoms with Crippen LogP contribution in [0.1, 0.15) is 16.6 Å². The van der Waals surface area contributed by atoms with E-state index in [1.54, 1.807) is 24.5 Å². The molecule has 1 aliphatic rings. The lowest BCUT2D eigenvalue weighted by Gasteiger charge is -2.21. The van der Waals surface area contributed by atoms with Gasteiger partial charge in [0.1, 0.15) is 5.75 Å². The summed E-state index contributed by atoms with van der Waals surface area (Å²) >= 11 is 3.99. The number of aromatic nitrogens is 1. The van der Waals surface area contributed by atoms with E-state index in [2.05, 4.69) is 22.4 Å². The number of amides is 1. The van der Waals surface area contributed by atoms with Gasteiger partial charge in [0.25, 0.3) is 5.91 Å². The molecule has 0 radical (unpaired) electrons. The van der Waals surface area contributed by atoms with Crippen molar-refractivity contribution in [3.8, 4) is 5.75 Å². The highest BCUT2D eigenvalue weighted by atomic mass is 32.2. The van der Waals surface area contributed by atoms with Crippen LogP contribution in [0.2, 0.25) is 0 Å². The first-order chi connectivity index (χ1) is 11.3. The van der Waals surface area contributed by atoms with Gasteiger partial charge in [0.2, 0.25) is 0 Å². The van der Waals surface area contributed by atoms with Crippen molar-refractivity contribution in [2.45, 2.75) is 11.0 Å². The number of anilines is 1. The van der Waals surface area contributed by atoms with Gasteiger partial charge in [-0.1, -0.05) is 12.1 Å². The van der Waals surface area contributed by atoms with Crippen molar-refractivity contribution in [1.82, 2.24) is 4.98 Å². The van der Waals surface area contributed by atoms with Gasteiger partial charge in [-0.05, 0) is 47.8 Å². The fourth-order valence-corrected chi connectivity index (χ4v) is 5.08. The highest BCUT2D eigenvalue weighted by molar-refractivity contribution is 8.16. The van der Waals surface area contributed by atoms with Crippen LogP contribution in [0.4, 0.5) is 5.69 Å². The maximum atomic E-state index is 11.8. The van der Waals surface area contributed by atoms with E-state index in [1.165, 1.54) is 23.5 Å². The molecule has 0 atom stereocenters. The molecule has 2 aromatic rings. The number of pyridine rings is 1. The fraction of sp³-hybridized carbons (Fsp3) is 0.294. The number of hydrogen-bond donors (Lipinski definition) is 1. The number of nitrogens with one attached hydrogen (secondary N) is 1. The zero-order valence-electron chi connectivity index (χ0n) is 12.6. The molecule has 0 unspecified atom stereocenters. The van der Waals surface area contributed by atoms with Gasteiger partial charge in [0.15, 0.2) is 6.61 Å². The number of nitrogens with zero attached hydrogens (tertiary/aromatic N) is 1. The summed E-state index contributed by atoms with van der Waals surface area (Å²) in [5.74, 6) is 2.99. The first kappa shape index (κ1) is 16.2. The average molecular weight is 346 g/mol. The average Bonchev–Trinajstić information content (AvgIpc) is 2.62.